The fourth-order valence-corrected chi connectivity index (χ4v) is 5.01. The molecule has 2 saturated heterocycles. The Balaban J connectivity index is 1.49. The van der Waals surface area contributed by atoms with Gasteiger partial charge in [0.1, 0.15) is 0 Å². The minimum absolute atomic E-state index is 0.313. The summed E-state index contributed by atoms with van der Waals surface area (Å²) in [6.45, 7) is 8.80. The molecule has 0 aromatic heterocycles. The van der Waals surface area contributed by atoms with E-state index >= 15 is 0 Å². The van der Waals surface area contributed by atoms with Crippen molar-refractivity contribution in [3.05, 3.63) is 0 Å². The van der Waals surface area contributed by atoms with E-state index in [1.165, 1.54) is 32.5 Å². The van der Waals surface area contributed by atoms with Crippen LogP contribution in [-0.2, 0) is 0 Å². The Morgan fingerprint density at radius 3 is 2.57 bits per heavy atom. The Morgan fingerprint density at radius 1 is 1.10 bits per heavy atom. The molecule has 0 aromatic carbocycles. The van der Waals surface area contributed by atoms with Gasteiger partial charge in [-0.1, -0.05) is 6.92 Å². The van der Waals surface area contributed by atoms with E-state index in [4.69, 9.17) is 17.2 Å². The number of nitrogens with two attached hydrogens (primary N) is 3. The van der Waals surface area contributed by atoms with E-state index in [1.54, 1.807) is 0 Å². The van der Waals surface area contributed by atoms with Crippen molar-refractivity contribution in [3.63, 3.8) is 0 Å². The van der Waals surface area contributed by atoms with Gasteiger partial charge >= 0.3 is 0 Å². The van der Waals surface area contributed by atoms with Crippen molar-refractivity contribution in [3.8, 4) is 0 Å². The number of rotatable bonds is 5. The first-order valence-electron chi connectivity index (χ1n) is 8.80. The molecule has 5 nitrogen and oxygen atoms in total. The van der Waals surface area contributed by atoms with E-state index in [2.05, 4.69) is 16.7 Å². The predicted octanol–water partition coefficient (Wildman–Crippen LogP) is -0.348. The fourth-order valence-electron chi connectivity index (χ4n) is 5.01. The fraction of sp³-hybridized carbons (Fsp3) is 1.00. The van der Waals surface area contributed by atoms with Crippen LogP contribution in [0.15, 0.2) is 0 Å². The van der Waals surface area contributed by atoms with E-state index in [1.807, 2.05) is 0 Å². The topological polar surface area (TPSA) is 84.5 Å². The molecule has 2 aliphatic heterocycles. The van der Waals surface area contributed by atoms with E-state index in [0.29, 0.717) is 24.0 Å². The van der Waals surface area contributed by atoms with Crippen LogP contribution in [0.25, 0.3) is 0 Å². The van der Waals surface area contributed by atoms with Gasteiger partial charge in [-0.05, 0) is 50.1 Å². The van der Waals surface area contributed by atoms with Crippen molar-refractivity contribution < 1.29 is 0 Å². The van der Waals surface area contributed by atoms with Gasteiger partial charge in [-0.15, -0.1) is 0 Å². The monoisotopic (exact) mass is 295 g/mol. The third-order valence-corrected chi connectivity index (χ3v) is 6.28. The lowest BCUT2D eigenvalue weighted by atomic mass is 9.95. The van der Waals surface area contributed by atoms with Gasteiger partial charge < -0.3 is 22.1 Å². The summed E-state index contributed by atoms with van der Waals surface area (Å²) in [5.41, 5.74) is 18.5. The molecule has 122 valence electrons. The van der Waals surface area contributed by atoms with Gasteiger partial charge in [-0.25, -0.2) is 0 Å². The molecule has 3 fully saturated rings. The first-order valence-corrected chi connectivity index (χ1v) is 8.80. The molecule has 0 spiro atoms. The second kappa shape index (κ2) is 6.50. The van der Waals surface area contributed by atoms with E-state index < -0.39 is 0 Å². The van der Waals surface area contributed by atoms with Crippen LogP contribution < -0.4 is 17.2 Å². The highest BCUT2D eigenvalue weighted by Crippen LogP contribution is 2.42. The van der Waals surface area contributed by atoms with Crippen molar-refractivity contribution in [2.24, 2.45) is 35.0 Å². The van der Waals surface area contributed by atoms with Gasteiger partial charge in [0, 0.05) is 44.3 Å². The third kappa shape index (κ3) is 3.13. The van der Waals surface area contributed by atoms with Crippen LogP contribution in [0.5, 0.6) is 0 Å². The molecule has 6 N–H and O–H groups in total. The largest absolute Gasteiger partial charge is 0.329 e. The van der Waals surface area contributed by atoms with Crippen LogP contribution in [-0.4, -0.2) is 67.2 Å². The molecular formula is C16H33N5. The first-order chi connectivity index (χ1) is 10.1. The van der Waals surface area contributed by atoms with Crippen LogP contribution in [0.1, 0.15) is 26.2 Å². The second-order valence-electron chi connectivity index (χ2n) is 7.52. The Morgan fingerprint density at radius 2 is 1.90 bits per heavy atom. The minimum atomic E-state index is 0.313. The van der Waals surface area contributed by atoms with Crippen molar-refractivity contribution in [2.45, 2.75) is 44.3 Å². The molecule has 3 aliphatic rings. The molecule has 6 atom stereocenters. The van der Waals surface area contributed by atoms with Crippen LogP contribution in [0.4, 0.5) is 0 Å². The number of hydrogen-bond donors (Lipinski definition) is 3. The van der Waals surface area contributed by atoms with Crippen LogP contribution in [0.2, 0.25) is 0 Å². The Bertz CT molecular complexity index is 350. The molecule has 0 radical (unpaired) electrons. The molecule has 0 bridgehead atoms. The maximum absolute atomic E-state index is 6.57. The van der Waals surface area contributed by atoms with E-state index in [-0.39, 0.29) is 0 Å². The zero-order chi connectivity index (χ0) is 15.0. The highest BCUT2D eigenvalue weighted by atomic mass is 15.2. The second-order valence-corrected chi connectivity index (χ2v) is 7.52. The standard InChI is InChI=1S/C16H33N5/c1-2-20-8-12-5-11(16(19)15(12)10-20)3-4-21-9-13(18)6-14(21)7-17/h11-16H,2-10,17-19H2,1H3/t11?,12-,13-,14-,15+,16-/m1/s1. The number of hydrogen-bond acceptors (Lipinski definition) is 5. The van der Waals surface area contributed by atoms with Crippen LogP contribution in [0.3, 0.4) is 0 Å². The summed E-state index contributed by atoms with van der Waals surface area (Å²) in [6.07, 6.45) is 3.61. The van der Waals surface area contributed by atoms with Crippen LogP contribution >= 0.6 is 0 Å². The average molecular weight is 295 g/mol. The Kier molecular flexibility index (Phi) is 4.86. The summed E-state index contributed by atoms with van der Waals surface area (Å²) in [7, 11) is 0. The summed E-state index contributed by atoms with van der Waals surface area (Å²) in [5.74, 6) is 2.28. The Labute approximate surface area is 129 Å². The molecule has 0 aromatic rings. The van der Waals surface area contributed by atoms with Crippen molar-refractivity contribution >= 4 is 0 Å². The average Bonchev–Trinajstić information content (AvgIpc) is 3.11. The number of nitrogens with zero attached hydrogens (tertiary/aromatic N) is 2. The molecule has 1 saturated carbocycles. The first kappa shape index (κ1) is 15.7. The molecule has 1 aliphatic carbocycles. The number of likely N-dealkylation sites (tertiary alicyclic amines) is 2. The summed E-state index contributed by atoms with van der Waals surface area (Å²) in [6, 6.07) is 1.21. The lowest BCUT2D eigenvalue weighted by molar-refractivity contribution is 0.223. The zero-order valence-electron chi connectivity index (χ0n) is 13.5. The quantitative estimate of drug-likeness (QED) is 0.646. The van der Waals surface area contributed by atoms with Gasteiger partial charge in [-0.2, -0.15) is 0 Å². The Hall–Kier alpha value is -0.200. The third-order valence-electron chi connectivity index (χ3n) is 6.28. The molecular weight excluding hydrogens is 262 g/mol. The molecule has 5 heteroatoms. The van der Waals surface area contributed by atoms with Gasteiger partial charge in [0.05, 0.1) is 0 Å². The molecule has 1 unspecified atom stereocenters. The summed E-state index contributed by atoms with van der Waals surface area (Å²) < 4.78 is 0. The lowest BCUT2D eigenvalue weighted by Gasteiger charge is -2.27. The van der Waals surface area contributed by atoms with E-state index in [9.17, 15) is 0 Å². The summed E-state index contributed by atoms with van der Waals surface area (Å²) >= 11 is 0. The molecule has 2 heterocycles. The highest BCUT2D eigenvalue weighted by Gasteiger charge is 2.45. The van der Waals surface area contributed by atoms with Gasteiger partial charge in [0.2, 0.25) is 0 Å². The van der Waals surface area contributed by atoms with Crippen molar-refractivity contribution in [1.29, 1.82) is 0 Å². The maximum Gasteiger partial charge on any atom is 0.0234 e. The van der Waals surface area contributed by atoms with Gasteiger partial charge in [-0.3, -0.25) is 4.90 Å². The van der Waals surface area contributed by atoms with Gasteiger partial charge in [0.15, 0.2) is 0 Å². The molecule has 21 heavy (non-hydrogen) atoms. The minimum Gasteiger partial charge on any atom is -0.329 e. The predicted molar refractivity (Wildman–Crippen MR) is 86.8 cm³/mol. The lowest BCUT2D eigenvalue weighted by Crippen LogP contribution is -2.40. The smallest absolute Gasteiger partial charge is 0.0234 e. The molecule has 0 amide bonds. The van der Waals surface area contributed by atoms with E-state index in [0.717, 1.165) is 37.9 Å². The summed E-state index contributed by atoms with van der Waals surface area (Å²) in [4.78, 5) is 5.07. The maximum atomic E-state index is 6.57. The van der Waals surface area contributed by atoms with Crippen LogP contribution in [0, 0.1) is 17.8 Å². The van der Waals surface area contributed by atoms with Crippen molar-refractivity contribution in [2.75, 3.05) is 39.3 Å². The summed E-state index contributed by atoms with van der Waals surface area (Å²) in [5, 5.41) is 0. The highest BCUT2D eigenvalue weighted by molar-refractivity contribution is 5.00. The molecule has 3 rings (SSSR count). The number of fused-ring (bicyclic) bond motifs is 1. The van der Waals surface area contributed by atoms with Gasteiger partial charge in [0.25, 0.3) is 0 Å². The zero-order valence-corrected chi connectivity index (χ0v) is 13.5. The van der Waals surface area contributed by atoms with Crippen molar-refractivity contribution in [1.82, 2.24) is 9.80 Å². The SMILES string of the molecule is CCN1C[C@H]2CC(CCN3C[C@H](N)C[C@@H]3CN)[C@@H](N)[C@H]2C1. The normalized spacial score (nSPS) is 44.6.